The van der Waals surface area contributed by atoms with Crippen molar-refractivity contribution in [3.05, 3.63) is 140 Å². The van der Waals surface area contributed by atoms with Crippen LogP contribution in [-0.4, -0.2) is 34.9 Å². The third-order valence-electron chi connectivity index (χ3n) is 8.39. The fourth-order valence-corrected chi connectivity index (χ4v) is 6.09. The van der Waals surface area contributed by atoms with Crippen LogP contribution in [0, 0.1) is 0 Å². The molecule has 0 unspecified atom stereocenters. The van der Waals surface area contributed by atoms with E-state index in [1.54, 1.807) is 0 Å². The molecule has 9 aromatic rings. The first-order valence-corrected chi connectivity index (χ1v) is 14.9. The Balaban J connectivity index is 1.07. The van der Waals surface area contributed by atoms with Crippen molar-refractivity contribution >= 4 is 43.6 Å². The molecule has 214 valence electrons. The van der Waals surface area contributed by atoms with E-state index in [0.29, 0.717) is 11.5 Å². The summed E-state index contributed by atoms with van der Waals surface area (Å²) in [6.45, 7) is 0. The standard InChI is InChI=1S/C39H23N7/c1-3-30-19-32(31-4-2-18-42-38(31)37(30)41-17-1)24-5-7-25(8-6-24)33-15-13-26-9-11-28(20-35(26)45-33)29-12-10-27-14-16-34(46-36(27)21-29)39-43-22-40-23-44-39/h1-23H. The van der Waals surface area contributed by atoms with Crippen LogP contribution in [0.1, 0.15) is 0 Å². The lowest BCUT2D eigenvalue weighted by molar-refractivity contribution is 1.05. The molecule has 0 aliphatic rings. The third-order valence-corrected chi connectivity index (χ3v) is 8.39. The van der Waals surface area contributed by atoms with E-state index in [9.17, 15) is 0 Å². The molecule has 0 aliphatic carbocycles. The highest BCUT2D eigenvalue weighted by Gasteiger charge is 2.12. The molecule has 0 fully saturated rings. The molecule has 7 heteroatoms. The number of hydrogen-bond donors (Lipinski definition) is 0. The van der Waals surface area contributed by atoms with Crippen molar-refractivity contribution in [3.63, 3.8) is 0 Å². The first-order chi connectivity index (χ1) is 22.8. The van der Waals surface area contributed by atoms with Gasteiger partial charge in [0.25, 0.3) is 0 Å². The van der Waals surface area contributed by atoms with Crippen LogP contribution in [0.15, 0.2) is 140 Å². The lowest BCUT2D eigenvalue weighted by atomic mass is 9.96. The highest BCUT2D eigenvalue weighted by atomic mass is 15.0. The maximum atomic E-state index is 5.08. The first-order valence-electron chi connectivity index (χ1n) is 14.9. The second-order valence-electron chi connectivity index (χ2n) is 11.1. The molecule has 0 radical (unpaired) electrons. The molecule has 5 heterocycles. The van der Waals surface area contributed by atoms with Crippen molar-refractivity contribution in [1.82, 2.24) is 34.9 Å². The van der Waals surface area contributed by atoms with Crippen molar-refractivity contribution in [1.29, 1.82) is 0 Å². The SMILES string of the molecule is c1cnc2c(c1)cc(-c1ccc(-c3ccc4ccc(-c5ccc6ccc(-c7ncncn7)nc6c5)cc4n3)cc1)c1cccnc12. The Labute approximate surface area is 263 Å². The quantitative estimate of drug-likeness (QED) is 0.190. The van der Waals surface area contributed by atoms with Gasteiger partial charge in [0.15, 0.2) is 5.82 Å². The molecule has 0 spiro atoms. The fraction of sp³-hybridized carbons (Fsp3) is 0. The van der Waals surface area contributed by atoms with Gasteiger partial charge in [0.2, 0.25) is 0 Å². The summed E-state index contributed by atoms with van der Waals surface area (Å²) in [5.41, 5.74) is 10.7. The van der Waals surface area contributed by atoms with Gasteiger partial charge in [-0.05, 0) is 64.7 Å². The summed E-state index contributed by atoms with van der Waals surface area (Å²) in [7, 11) is 0. The second-order valence-corrected chi connectivity index (χ2v) is 11.1. The Morgan fingerprint density at radius 1 is 0.413 bits per heavy atom. The maximum absolute atomic E-state index is 5.08. The summed E-state index contributed by atoms with van der Waals surface area (Å²) in [5, 5.41) is 4.30. The molecule has 46 heavy (non-hydrogen) atoms. The van der Waals surface area contributed by atoms with Crippen LogP contribution in [0.4, 0.5) is 0 Å². The highest BCUT2D eigenvalue weighted by molar-refractivity contribution is 6.10. The number of aromatic nitrogens is 7. The van der Waals surface area contributed by atoms with E-state index < -0.39 is 0 Å². The monoisotopic (exact) mass is 589 g/mol. The first kappa shape index (κ1) is 26.0. The molecule has 4 aromatic carbocycles. The molecule has 0 bridgehead atoms. The van der Waals surface area contributed by atoms with Crippen molar-refractivity contribution in [2.24, 2.45) is 0 Å². The minimum absolute atomic E-state index is 0.553. The summed E-state index contributed by atoms with van der Waals surface area (Å²) in [6, 6.07) is 39.9. The van der Waals surface area contributed by atoms with Crippen LogP contribution in [0.25, 0.3) is 88.6 Å². The van der Waals surface area contributed by atoms with Crippen LogP contribution >= 0.6 is 0 Å². The fourth-order valence-electron chi connectivity index (χ4n) is 6.09. The van der Waals surface area contributed by atoms with E-state index in [-0.39, 0.29) is 0 Å². The predicted molar refractivity (Wildman–Crippen MR) is 183 cm³/mol. The van der Waals surface area contributed by atoms with Crippen molar-refractivity contribution in [2.45, 2.75) is 0 Å². The van der Waals surface area contributed by atoms with Crippen molar-refractivity contribution < 1.29 is 0 Å². The number of benzene rings is 4. The molecule has 7 nitrogen and oxygen atoms in total. The zero-order valence-corrected chi connectivity index (χ0v) is 24.4. The molecule has 0 saturated carbocycles. The molecule has 0 atom stereocenters. The highest BCUT2D eigenvalue weighted by Crippen LogP contribution is 2.34. The van der Waals surface area contributed by atoms with E-state index in [0.717, 1.165) is 77.1 Å². The van der Waals surface area contributed by atoms with Crippen molar-refractivity contribution in [2.75, 3.05) is 0 Å². The molecule has 0 amide bonds. The Morgan fingerprint density at radius 2 is 1.00 bits per heavy atom. The topological polar surface area (TPSA) is 90.2 Å². The Bertz CT molecular complexity index is 2580. The number of hydrogen-bond acceptors (Lipinski definition) is 7. The summed E-state index contributed by atoms with van der Waals surface area (Å²) in [6.07, 6.45) is 6.61. The molecule has 0 N–H and O–H groups in total. The van der Waals surface area contributed by atoms with Gasteiger partial charge < -0.3 is 0 Å². The Morgan fingerprint density at radius 3 is 1.74 bits per heavy atom. The van der Waals surface area contributed by atoms with Gasteiger partial charge in [-0.1, -0.05) is 72.8 Å². The van der Waals surface area contributed by atoms with E-state index >= 15 is 0 Å². The molecular weight excluding hydrogens is 566 g/mol. The second kappa shape index (κ2) is 10.6. The number of nitrogens with zero attached hydrogens (tertiary/aromatic N) is 7. The van der Waals surface area contributed by atoms with Crippen LogP contribution in [0.5, 0.6) is 0 Å². The Kier molecular flexibility index (Phi) is 5.99. The Hall–Kier alpha value is -6.47. The largest absolute Gasteiger partial charge is 0.254 e. The summed E-state index contributed by atoms with van der Waals surface area (Å²) >= 11 is 0. The molecule has 0 saturated heterocycles. The minimum Gasteiger partial charge on any atom is -0.254 e. The number of rotatable bonds is 4. The lowest BCUT2D eigenvalue weighted by Crippen LogP contribution is -1.92. The van der Waals surface area contributed by atoms with Crippen LogP contribution < -0.4 is 0 Å². The molecule has 9 rings (SSSR count). The minimum atomic E-state index is 0.553. The summed E-state index contributed by atoms with van der Waals surface area (Å²) < 4.78 is 0. The third kappa shape index (κ3) is 4.50. The zero-order valence-electron chi connectivity index (χ0n) is 24.4. The number of fused-ring (bicyclic) bond motifs is 5. The smallest absolute Gasteiger partial charge is 0.181 e. The average molecular weight is 590 g/mol. The maximum Gasteiger partial charge on any atom is 0.181 e. The average Bonchev–Trinajstić information content (AvgIpc) is 3.14. The van der Waals surface area contributed by atoms with E-state index in [1.165, 1.54) is 12.7 Å². The zero-order chi connectivity index (χ0) is 30.5. The van der Waals surface area contributed by atoms with E-state index in [1.807, 2.05) is 36.7 Å². The molecule has 0 aliphatic heterocycles. The summed E-state index contributed by atoms with van der Waals surface area (Å²) in [5.74, 6) is 0.553. The molecule has 5 aromatic heterocycles. The van der Waals surface area contributed by atoms with E-state index in [4.69, 9.17) is 9.97 Å². The van der Waals surface area contributed by atoms with Gasteiger partial charge in [-0.25, -0.2) is 24.9 Å². The van der Waals surface area contributed by atoms with Crippen LogP contribution in [0.2, 0.25) is 0 Å². The normalized spacial score (nSPS) is 11.5. The summed E-state index contributed by atoms with van der Waals surface area (Å²) in [4.78, 5) is 31.6. The van der Waals surface area contributed by atoms with E-state index in [2.05, 4.69) is 116 Å². The van der Waals surface area contributed by atoms with Gasteiger partial charge in [-0.3, -0.25) is 9.97 Å². The lowest BCUT2D eigenvalue weighted by Gasteiger charge is -2.11. The van der Waals surface area contributed by atoms with Gasteiger partial charge in [0.05, 0.1) is 27.8 Å². The number of pyridine rings is 4. The van der Waals surface area contributed by atoms with Gasteiger partial charge in [0, 0.05) is 39.5 Å². The van der Waals surface area contributed by atoms with Crippen LogP contribution in [-0.2, 0) is 0 Å². The van der Waals surface area contributed by atoms with Gasteiger partial charge in [-0.2, -0.15) is 0 Å². The van der Waals surface area contributed by atoms with Gasteiger partial charge in [-0.15, -0.1) is 0 Å². The predicted octanol–water partition coefficient (Wildman–Crippen LogP) is 8.73. The van der Waals surface area contributed by atoms with Gasteiger partial charge in [0.1, 0.15) is 18.3 Å². The molecular formula is C39H23N7. The van der Waals surface area contributed by atoms with Crippen molar-refractivity contribution in [3.8, 4) is 45.0 Å². The van der Waals surface area contributed by atoms with Gasteiger partial charge >= 0.3 is 0 Å². The van der Waals surface area contributed by atoms with Crippen LogP contribution in [0.3, 0.4) is 0 Å².